The summed E-state index contributed by atoms with van der Waals surface area (Å²) in [5.41, 5.74) is 1.43. The monoisotopic (exact) mass is 542 g/mol. The van der Waals surface area contributed by atoms with Gasteiger partial charge >= 0.3 is 0 Å². The maximum Gasteiger partial charge on any atom is 0.293 e. The lowest BCUT2D eigenvalue weighted by molar-refractivity contribution is -0.385. The predicted octanol–water partition coefficient (Wildman–Crippen LogP) is 6.31. The zero-order valence-electron chi connectivity index (χ0n) is 17.4. The molecule has 0 saturated carbocycles. The number of amides is 2. The van der Waals surface area contributed by atoms with Crippen molar-refractivity contribution in [1.82, 2.24) is 4.90 Å². The van der Waals surface area contributed by atoms with Crippen molar-refractivity contribution in [3.8, 4) is 5.75 Å². The molecule has 34 heavy (non-hydrogen) atoms. The van der Waals surface area contributed by atoms with Gasteiger partial charge in [-0.25, -0.2) is 4.39 Å². The van der Waals surface area contributed by atoms with Gasteiger partial charge in [-0.3, -0.25) is 24.6 Å². The molecule has 172 valence electrons. The molecule has 1 heterocycles. The third-order valence-electron chi connectivity index (χ3n) is 4.96. The molecule has 0 N–H and O–H groups in total. The zero-order chi connectivity index (χ0) is 24.2. The Morgan fingerprint density at radius 3 is 2.56 bits per heavy atom. The van der Waals surface area contributed by atoms with Gasteiger partial charge in [0, 0.05) is 21.7 Å². The van der Waals surface area contributed by atoms with Gasteiger partial charge in [0.15, 0.2) is 0 Å². The van der Waals surface area contributed by atoms with E-state index in [1.54, 1.807) is 42.5 Å². The van der Waals surface area contributed by atoms with Crippen molar-refractivity contribution >= 4 is 50.6 Å². The molecule has 0 spiro atoms. The lowest BCUT2D eigenvalue weighted by Gasteiger charge is -2.13. The van der Waals surface area contributed by atoms with Crippen LogP contribution in [0.1, 0.15) is 16.7 Å². The number of imide groups is 1. The lowest BCUT2D eigenvalue weighted by atomic mass is 10.1. The quantitative estimate of drug-likeness (QED) is 0.197. The molecule has 0 bridgehead atoms. The van der Waals surface area contributed by atoms with E-state index in [0.717, 1.165) is 26.7 Å². The van der Waals surface area contributed by atoms with Crippen LogP contribution < -0.4 is 4.74 Å². The molecule has 1 fully saturated rings. The largest absolute Gasteiger partial charge is 0.488 e. The third-order valence-corrected chi connectivity index (χ3v) is 6.36. The highest BCUT2D eigenvalue weighted by Crippen LogP contribution is 2.36. The van der Waals surface area contributed by atoms with Crippen LogP contribution in [0, 0.1) is 15.9 Å². The number of ether oxygens (including phenoxy) is 1. The highest BCUT2D eigenvalue weighted by Gasteiger charge is 2.36. The van der Waals surface area contributed by atoms with Crippen LogP contribution in [-0.2, 0) is 17.9 Å². The molecule has 3 aromatic carbocycles. The Labute approximate surface area is 206 Å². The Morgan fingerprint density at radius 2 is 1.82 bits per heavy atom. The average Bonchev–Trinajstić information content (AvgIpc) is 3.07. The number of nitro groups is 1. The minimum Gasteiger partial charge on any atom is -0.488 e. The average molecular weight is 543 g/mol. The van der Waals surface area contributed by atoms with E-state index in [9.17, 15) is 24.1 Å². The summed E-state index contributed by atoms with van der Waals surface area (Å²) in [7, 11) is 0. The van der Waals surface area contributed by atoms with Crippen LogP contribution in [-0.4, -0.2) is 21.0 Å². The number of nitro benzene ring substituents is 1. The van der Waals surface area contributed by atoms with Crippen LogP contribution in [0.5, 0.6) is 5.75 Å². The summed E-state index contributed by atoms with van der Waals surface area (Å²) >= 11 is 4.15. The number of hydrogen-bond donors (Lipinski definition) is 0. The van der Waals surface area contributed by atoms with Gasteiger partial charge in [-0.05, 0) is 53.7 Å². The number of halogens is 2. The number of benzene rings is 3. The first-order valence-electron chi connectivity index (χ1n) is 9.96. The van der Waals surface area contributed by atoms with E-state index in [-0.39, 0.29) is 35.1 Å². The first-order valence-corrected chi connectivity index (χ1v) is 11.6. The molecule has 0 atom stereocenters. The summed E-state index contributed by atoms with van der Waals surface area (Å²) in [6.07, 6.45) is 1.55. The summed E-state index contributed by atoms with van der Waals surface area (Å²) in [5, 5.41) is 10.8. The summed E-state index contributed by atoms with van der Waals surface area (Å²) in [5.74, 6) is -0.416. The molecule has 1 aliphatic heterocycles. The van der Waals surface area contributed by atoms with E-state index in [0.29, 0.717) is 11.3 Å². The van der Waals surface area contributed by atoms with Crippen LogP contribution in [0.15, 0.2) is 76.1 Å². The third kappa shape index (κ3) is 5.35. The van der Waals surface area contributed by atoms with Crippen LogP contribution in [0.4, 0.5) is 14.9 Å². The number of carbonyl (C=O) groups excluding carboxylic acids is 2. The molecule has 3 aromatic rings. The van der Waals surface area contributed by atoms with Crippen molar-refractivity contribution in [1.29, 1.82) is 0 Å². The molecule has 0 aromatic heterocycles. The van der Waals surface area contributed by atoms with Gasteiger partial charge < -0.3 is 4.74 Å². The van der Waals surface area contributed by atoms with Crippen molar-refractivity contribution in [2.24, 2.45) is 0 Å². The van der Waals surface area contributed by atoms with Crippen molar-refractivity contribution in [2.75, 3.05) is 0 Å². The summed E-state index contributed by atoms with van der Waals surface area (Å²) < 4.78 is 19.7. The first kappa shape index (κ1) is 23.7. The molecule has 0 aliphatic carbocycles. The van der Waals surface area contributed by atoms with E-state index < -0.39 is 16.1 Å². The molecule has 0 radical (unpaired) electrons. The van der Waals surface area contributed by atoms with Gasteiger partial charge in [-0.15, -0.1) is 0 Å². The lowest BCUT2D eigenvalue weighted by Crippen LogP contribution is -2.27. The smallest absolute Gasteiger partial charge is 0.293 e. The van der Waals surface area contributed by atoms with Gasteiger partial charge in [0.05, 0.1) is 16.4 Å². The van der Waals surface area contributed by atoms with Gasteiger partial charge in [0.1, 0.15) is 18.2 Å². The summed E-state index contributed by atoms with van der Waals surface area (Å²) in [6.45, 7) is -0.0204. The normalized spacial score (nSPS) is 14.6. The SMILES string of the molecule is O=C1SC(=Cc2cc(Br)ccc2OCc2ccc(F)cc2)C(=O)N1Cc1ccccc1[N+](=O)[O-]. The molecule has 2 amide bonds. The second kappa shape index (κ2) is 10.2. The number of para-hydroxylation sites is 1. The van der Waals surface area contributed by atoms with Gasteiger partial charge in [0.2, 0.25) is 0 Å². The Bertz CT molecular complexity index is 1310. The Morgan fingerprint density at radius 1 is 1.09 bits per heavy atom. The van der Waals surface area contributed by atoms with Gasteiger partial charge in [-0.2, -0.15) is 0 Å². The second-order valence-electron chi connectivity index (χ2n) is 7.25. The van der Waals surface area contributed by atoms with Crippen LogP contribution in [0.25, 0.3) is 6.08 Å². The number of nitrogens with zero attached hydrogens (tertiary/aromatic N) is 2. The molecular weight excluding hydrogens is 527 g/mol. The summed E-state index contributed by atoms with van der Waals surface area (Å²) in [4.78, 5) is 37.4. The van der Waals surface area contributed by atoms with Crippen LogP contribution in [0.3, 0.4) is 0 Å². The standard InChI is InChI=1S/C24H16BrFN2O5S/c25-18-7-10-21(33-14-15-5-8-19(26)9-6-15)17(11-18)12-22-23(29)27(24(30)34-22)13-16-3-1-2-4-20(16)28(31)32/h1-12H,13-14H2. The number of hydrogen-bond acceptors (Lipinski definition) is 6. The minimum absolute atomic E-state index is 0.158. The Balaban J connectivity index is 1.56. The van der Waals surface area contributed by atoms with E-state index in [1.165, 1.54) is 30.3 Å². The number of carbonyl (C=O) groups is 2. The molecule has 4 rings (SSSR count). The predicted molar refractivity (Wildman–Crippen MR) is 129 cm³/mol. The van der Waals surface area contributed by atoms with Gasteiger partial charge in [-0.1, -0.05) is 46.3 Å². The zero-order valence-corrected chi connectivity index (χ0v) is 19.8. The van der Waals surface area contributed by atoms with E-state index >= 15 is 0 Å². The Hall–Kier alpha value is -3.50. The maximum atomic E-state index is 13.1. The van der Waals surface area contributed by atoms with Crippen molar-refractivity contribution in [3.63, 3.8) is 0 Å². The highest BCUT2D eigenvalue weighted by atomic mass is 79.9. The number of thioether (sulfide) groups is 1. The van der Waals surface area contributed by atoms with E-state index in [4.69, 9.17) is 4.74 Å². The molecule has 1 aliphatic rings. The van der Waals surface area contributed by atoms with Crippen molar-refractivity contribution < 1.29 is 23.6 Å². The van der Waals surface area contributed by atoms with E-state index in [1.807, 2.05) is 0 Å². The fourth-order valence-electron chi connectivity index (χ4n) is 3.28. The Kier molecular flexibility index (Phi) is 7.09. The highest BCUT2D eigenvalue weighted by molar-refractivity contribution is 9.10. The van der Waals surface area contributed by atoms with Crippen molar-refractivity contribution in [3.05, 3.63) is 109 Å². The first-order chi connectivity index (χ1) is 16.3. The summed E-state index contributed by atoms with van der Waals surface area (Å²) in [6, 6.07) is 17.1. The van der Waals surface area contributed by atoms with Gasteiger partial charge in [0.25, 0.3) is 16.8 Å². The molecule has 0 unspecified atom stereocenters. The fraction of sp³-hybridized carbons (Fsp3) is 0.0833. The molecule has 1 saturated heterocycles. The topological polar surface area (TPSA) is 89.8 Å². The number of rotatable bonds is 7. The molecule has 7 nitrogen and oxygen atoms in total. The van der Waals surface area contributed by atoms with E-state index in [2.05, 4.69) is 15.9 Å². The molecular formula is C24H16BrFN2O5S. The van der Waals surface area contributed by atoms with Crippen LogP contribution in [0.2, 0.25) is 0 Å². The fourth-order valence-corrected chi connectivity index (χ4v) is 4.48. The maximum absolute atomic E-state index is 13.1. The van der Waals surface area contributed by atoms with Crippen molar-refractivity contribution in [2.45, 2.75) is 13.2 Å². The van der Waals surface area contributed by atoms with Crippen LogP contribution >= 0.6 is 27.7 Å². The molecule has 10 heteroatoms. The minimum atomic E-state index is -0.545. The second-order valence-corrected chi connectivity index (χ2v) is 9.16.